The molecule has 0 saturated carbocycles. The molecule has 0 spiro atoms. The maximum absolute atomic E-state index is 13.0. The van der Waals surface area contributed by atoms with Crippen molar-refractivity contribution in [3.63, 3.8) is 0 Å². The van der Waals surface area contributed by atoms with Crippen molar-refractivity contribution in [3.05, 3.63) is 100 Å². The lowest BCUT2D eigenvalue weighted by molar-refractivity contribution is -0.139. The van der Waals surface area contributed by atoms with Gasteiger partial charge in [0.1, 0.15) is 11.8 Å². The number of carbonyl (C=O) groups is 4. The van der Waals surface area contributed by atoms with Crippen LogP contribution >= 0.6 is 0 Å². The summed E-state index contributed by atoms with van der Waals surface area (Å²) in [7, 11) is 0. The number of nitrogens with two attached hydrogens (primary N) is 1. The first-order chi connectivity index (χ1) is 21.5. The Bertz CT molecular complexity index is 1440. The van der Waals surface area contributed by atoms with Crippen LogP contribution in [-0.4, -0.2) is 64.0 Å². The van der Waals surface area contributed by atoms with E-state index < -0.39 is 24.0 Å². The van der Waals surface area contributed by atoms with Crippen LogP contribution in [0.25, 0.3) is 0 Å². The first kappa shape index (κ1) is 34.8. The third-order valence-corrected chi connectivity index (χ3v) is 8.00. The lowest BCUT2D eigenvalue weighted by Crippen LogP contribution is -2.50. The van der Waals surface area contributed by atoms with Crippen molar-refractivity contribution >= 4 is 24.2 Å². The van der Waals surface area contributed by atoms with Crippen LogP contribution in [0.3, 0.4) is 0 Å². The molecule has 0 aliphatic carbocycles. The lowest BCUT2D eigenvalue weighted by Gasteiger charge is -2.36. The fraction of sp³-hybridized carbons (Fsp3) is 0.371. The molecule has 3 atom stereocenters. The minimum atomic E-state index is -1.06. The molecule has 0 aromatic heterocycles. The summed E-state index contributed by atoms with van der Waals surface area (Å²) in [6, 6.07) is 18.9. The topological polar surface area (TPSA) is 162 Å². The van der Waals surface area contributed by atoms with Crippen LogP contribution in [0.15, 0.2) is 66.7 Å². The van der Waals surface area contributed by atoms with E-state index in [9.17, 15) is 24.3 Å². The highest BCUT2D eigenvalue weighted by Crippen LogP contribution is 2.25. The van der Waals surface area contributed by atoms with Crippen LogP contribution in [0.5, 0.6) is 5.75 Å². The van der Waals surface area contributed by atoms with Crippen molar-refractivity contribution in [2.75, 3.05) is 6.54 Å². The van der Waals surface area contributed by atoms with E-state index in [1.54, 1.807) is 42.5 Å². The van der Waals surface area contributed by atoms with Gasteiger partial charge in [-0.05, 0) is 105 Å². The van der Waals surface area contributed by atoms with E-state index in [4.69, 9.17) is 10.8 Å². The monoisotopic (exact) mass is 616 g/mol. The Morgan fingerprint density at radius 1 is 1.00 bits per heavy atom. The highest BCUT2D eigenvalue weighted by atomic mass is 16.4. The molecular formula is C35H44N4O6. The van der Waals surface area contributed by atoms with Crippen molar-refractivity contribution in [1.82, 2.24) is 15.5 Å². The van der Waals surface area contributed by atoms with E-state index >= 15 is 0 Å². The Labute approximate surface area is 264 Å². The first-order valence-electron chi connectivity index (χ1n) is 15.2. The summed E-state index contributed by atoms with van der Waals surface area (Å²) in [4.78, 5) is 47.9. The van der Waals surface area contributed by atoms with E-state index in [0.29, 0.717) is 50.7 Å². The maximum atomic E-state index is 13.0. The van der Waals surface area contributed by atoms with E-state index in [0.717, 1.165) is 23.1 Å². The quantitative estimate of drug-likeness (QED) is 0.153. The number of hydrogen-bond acceptors (Lipinski definition) is 6. The molecule has 1 heterocycles. The Morgan fingerprint density at radius 3 is 2.24 bits per heavy atom. The zero-order valence-corrected chi connectivity index (χ0v) is 26.2. The van der Waals surface area contributed by atoms with Gasteiger partial charge in [-0.15, -0.1) is 0 Å². The maximum Gasteiger partial charge on any atom is 0.326 e. The number of aromatic hydroxyl groups is 1. The van der Waals surface area contributed by atoms with Crippen LogP contribution in [0.2, 0.25) is 0 Å². The van der Waals surface area contributed by atoms with E-state index in [-0.39, 0.29) is 17.7 Å². The molecule has 0 bridgehead atoms. The van der Waals surface area contributed by atoms with E-state index in [2.05, 4.69) is 29.7 Å². The third-order valence-electron chi connectivity index (χ3n) is 8.00. The third kappa shape index (κ3) is 10.2. The minimum absolute atomic E-state index is 0.00567. The zero-order chi connectivity index (χ0) is 32.9. The lowest BCUT2D eigenvalue weighted by atomic mass is 9.92. The van der Waals surface area contributed by atoms with Crippen LogP contribution in [0.4, 0.5) is 0 Å². The normalized spacial score (nSPS) is 15.0. The minimum Gasteiger partial charge on any atom is -0.508 e. The molecule has 0 fully saturated rings. The number of amides is 3. The number of rotatable bonds is 12. The number of benzene rings is 3. The summed E-state index contributed by atoms with van der Waals surface area (Å²) in [5, 5.41) is 23.8. The summed E-state index contributed by atoms with van der Waals surface area (Å²) >= 11 is 0. The average molecular weight is 617 g/mol. The molecule has 10 nitrogen and oxygen atoms in total. The molecule has 0 saturated heterocycles. The number of aryl methyl sites for hydroxylation is 2. The van der Waals surface area contributed by atoms with Gasteiger partial charge in [0.05, 0.1) is 6.04 Å². The fourth-order valence-corrected chi connectivity index (χ4v) is 5.51. The number of hydrogen-bond donors (Lipinski definition) is 5. The Morgan fingerprint density at radius 2 is 1.62 bits per heavy atom. The highest BCUT2D eigenvalue weighted by Gasteiger charge is 2.30. The number of carboxylic acid groups (broad SMARTS) is 1. The molecule has 3 unspecified atom stereocenters. The summed E-state index contributed by atoms with van der Waals surface area (Å²) < 4.78 is 0. The molecule has 45 heavy (non-hydrogen) atoms. The van der Waals surface area contributed by atoms with Gasteiger partial charge in [0, 0.05) is 24.7 Å². The van der Waals surface area contributed by atoms with Crippen LogP contribution < -0.4 is 16.4 Å². The van der Waals surface area contributed by atoms with Gasteiger partial charge in [-0.25, -0.2) is 4.79 Å². The second-order valence-corrected chi connectivity index (χ2v) is 11.5. The van der Waals surface area contributed by atoms with Crippen molar-refractivity contribution < 1.29 is 29.4 Å². The number of phenolic OH excluding ortho intramolecular Hbond substituents is 1. The van der Waals surface area contributed by atoms with Gasteiger partial charge in [0.25, 0.3) is 5.91 Å². The van der Waals surface area contributed by atoms with Gasteiger partial charge in [0.15, 0.2) is 0 Å². The molecule has 6 N–H and O–H groups in total. The molecule has 3 aromatic carbocycles. The van der Waals surface area contributed by atoms with E-state index in [1.807, 2.05) is 30.9 Å². The number of carboxylic acids is 1. The summed E-state index contributed by atoms with van der Waals surface area (Å²) in [6.07, 6.45) is 3.56. The molecule has 4 rings (SSSR count). The van der Waals surface area contributed by atoms with Gasteiger partial charge in [-0.3, -0.25) is 14.4 Å². The number of carbonyl (C=O) groups excluding carboxylic acids is 3. The smallest absolute Gasteiger partial charge is 0.326 e. The fourth-order valence-electron chi connectivity index (χ4n) is 5.51. The predicted octanol–water partition coefficient (Wildman–Crippen LogP) is 3.64. The van der Waals surface area contributed by atoms with Crippen molar-refractivity contribution in [2.45, 2.75) is 77.5 Å². The largest absolute Gasteiger partial charge is 0.508 e. The molecule has 1 aliphatic rings. The summed E-state index contributed by atoms with van der Waals surface area (Å²) in [6.45, 7) is 7.09. The number of phenols is 1. The SMILES string of the molecule is Cc1cc(O)cc(C)c1CC(N)C(=O)N1Cc2ccccc2CC1C.O=CNCCCCC(NC(=O)c1ccccc1)C(=O)O. The number of nitrogens with one attached hydrogen (secondary N) is 2. The molecule has 0 radical (unpaired) electrons. The predicted molar refractivity (Wildman–Crippen MR) is 173 cm³/mol. The Kier molecular flexibility index (Phi) is 13.1. The molecule has 3 amide bonds. The van der Waals surface area contributed by atoms with Crippen LogP contribution in [0, 0.1) is 13.8 Å². The van der Waals surface area contributed by atoms with Crippen molar-refractivity contribution in [1.29, 1.82) is 0 Å². The van der Waals surface area contributed by atoms with E-state index in [1.165, 1.54) is 11.1 Å². The molecule has 3 aromatic rings. The molecule has 240 valence electrons. The highest BCUT2D eigenvalue weighted by molar-refractivity contribution is 5.96. The second kappa shape index (κ2) is 17.0. The van der Waals surface area contributed by atoms with Crippen molar-refractivity contribution in [3.8, 4) is 5.75 Å². The Balaban J connectivity index is 0.000000253. The standard InChI is InChI=1S/C21H26N2O2.C14H18N2O4/c1-13-8-18(24)9-14(2)19(13)11-20(22)21(25)23-12-17-7-5-4-6-16(17)10-15(23)3;17-10-15-9-5-4-8-12(14(19)20)16-13(18)11-6-2-1-3-7-11/h4-9,15,20,24H,10-12,22H2,1-3H3;1-3,6-7,10,12H,4-5,8-9H2,(H,15,17)(H,16,18)(H,19,20). The van der Waals surface area contributed by atoms with Gasteiger partial charge < -0.3 is 31.5 Å². The summed E-state index contributed by atoms with van der Waals surface area (Å²) in [5.41, 5.74) is 12.2. The number of unbranched alkanes of at least 4 members (excludes halogenated alkanes) is 1. The molecule has 1 aliphatic heterocycles. The average Bonchev–Trinajstić information content (AvgIpc) is 3.01. The van der Waals surface area contributed by atoms with Gasteiger partial charge in [-0.2, -0.15) is 0 Å². The van der Waals surface area contributed by atoms with Gasteiger partial charge >= 0.3 is 5.97 Å². The van der Waals surface area contributed by atoms with Gasteiger partial charge in [0.2, 0.25) is 12.3 Å². The number of aliphatic carboxylic acids is 1. The Hall–Kier alpha value is -4.70. The molecular weight excluding hydrogens is 572 g/mol. The summed E-state index contributed by atoms with van der Waals surface area (Å²) in [5.74, 6) is -1.21. The second-order valence-electron chi connectivity index (χ2n) is 11.5. The number of fused-ring (bicyclic) bond motifs is 1. The zero-order valence-electron chi connectivity index (χ0n) is 26.2. The van der Waals surface area contributed by atoms with Crippen LogP contribution in [-0.2, 0) is 33.8 Å². The van der Waals surface area contributed by atoms with Crippen LogP contribution in [0.1, 0.15) is 64.4 Å². The van der Waals surface area contributed by atoms with Crippen molar-refractivity contribution in [2.24, 2.45) is 5.73 Å². The number of nitrogens with zero attached hydrogens (tertiary/aromatic N) is 1. The first-order valence-corrected chi connectivity index (χ1v) is 15.2. The molecule has 10 heteroatoms. The van der Waals surface area contributed by atoms with Gasteiger partial charge in [-0.1, -0.05) is 42.5 Å².